The molecule has 0 spiro atoms. The van der Waals surface area contributed by atoms with Gasteiger partial charge in [-0.15, -0.1) is 0 Å². The fraction of sp³-hybridized carbons (Fsp3) is 0.389. The summed E-state index contributed by atoms with van der Waals surface area (Å²) < 4.78 is 10.5. The van der Waals surface area contributed by atoms with Gasteiger partial charge < -0.3 is 24.9 Å². The summed E-state index contributed by atoms with van der Waals surface area (Å²) in [5.41, 5.74) is 1.81. The number of hydrogen-bond acceptors (Lipinski definition) is 4. The lowest BCUT2D eigenvalue weighted by molar-refractivity contribution is 0.171. The van der Waals surface area contributed by atoms with Crippen molar-refractivity contribution in [2.45, 2.75) is 26.4 Å². The van der Waals surface area contributed by atoms with Crippen LogP contribution in [0.15, 0.2) is 34.7 Å². The molecule has 3 N–H and O–H groups in total. The van der Waals surface area contributed by atoms with Gasteiger partial charge in [0, 0.05) is 18.7 Å². The number of aliphatic hydroxyl groups excluding tert-OH is 1. The van der Waals surface area contributed by atoms with E-state index in [9.17, 15) is 9.90 Å². The van der Waals surface area contributed by atoms with Crippen molar-refractivity contribution in [3.05, 3.63) is 53.0 Å². The molecule has 0 aliphatic heterocycles. The molecule has 6 heteroatoms. The highest BCUT2D eigenvalue weighted by atomic mass is 16.5. The third-order valence-corrected chi connectivity index (χ3v) is 3.75. The molecule has 6 nitrogen and oxygen atoms in total. The van der Waals surface area contributed by atoms with Crippen LogP contribution >= 0.6 is 0 Å². The van der Waals surface area contributed by atoms with E-state index in [0.29, 0.717) is 17.9 Å². The van der Waals surface area contributed by atoms with Gasteiger partial charge in [0.15, 0.2) is 0 Å². The van der Waals surface area contributed by atoms with Gasteiger partial charge in [-0.1, -0.05) is 12.1 Å². The van der Waals surface area contributed by atoms with Crippen molar-refractivity contribution in [1.29, 1.82) is 0 Å². The predicted molar refractivity (Wildman–Crippen MR) is 91.2 cm³/mol. The minimum absolute atomic E-state index is 0.133. The van der Waals surface area contributed by atoms with E-state index in [0.717, 1.165) is 23.5 Å². The van der Waals surface area contributed by atoms with Crippen LogP contribution in [0.2, 0.25) is 0 Å². The molecule has 0 aliphatic carbocycles. The van der Waals surface area contributed by atoms with Gasteiger partial charge in [-0.05, 0) is 44.0 Å². The third kappa shape index (κ3) is 5.03. The minimum atomic E-state index is -0.783. The number of carbonyl (C=O) groups is 1. The van der Waals surface area contributed by atoms with Crippen LogP contribution in [0.5, 0.6) is 5.75 Å². The molecule has 24 heavy (non-hydrogen) atoms. The Balaban J connectivity index is 1.70. The number of aryl methyl sites for hydroxylation is 2. The Hall–Kier alpha value is -2.47. The van der Waals surface area contributed by atoms with Crippen LogP contribution < -0.4 is 15.4 Å². The lowest BCUT2D eigenvalue weighted by Gasteiger charge is -2.12. The second kappa shape index (κ2) is 8.40. The van der Waals surface area contributed by atoms with E-state index >= 15 is 0 Å². The standard InChI is InChI=1S/C18H24N2O4/c1-12-10-16(13(2)24-12)17(21)11-20-18(22)19-9-8-14-4-6-15(23-3)7-5-14/h4-7,10,17,21H,8-9,11H2,1-3H3,(H2,19,20,22). The lowest BCUT2D eigenvalue weighted by atomic mass is 10.1. The first-order valence-corrected chi connectivity index (χ1v) is 7.89. The first kappa shape index (κ1) is 17.9. The highest BCUT2D eigenvalue weighted by Gasteiger charge is 2.15. The minimum Gasteiger partial charge on any atom is -0.497 e. The average Bonchev–Trinajstić information content (AvgIpc) is 2.92. The first-order chi connectivity index (χ1) is 11.5. The fourth-order valence-electron chi connectivity index (χ4n) is 2.46. The number of urea groups is 1. The smallest absolute Gasteiger partial charge is 0.314 e. The lowest BCUT2D eigenvalue weighted by Crippen LogP contribution is -2.38. The second-order valence-corrected chi connectivity index (χ2v) is 5.62. The molecule has 1 unspecified atom stereocenters. The number of benzene rings is 1. The molecule has 1 aromatic carbocycles. The van der Waals surface area contributed by atoms with Crippen LogP contribution in [0.4, 0.5) is 4.79 Å². The molecule has 0 fully saturated rings. The number of methoxy groups -OCH3 is 1. The topological polar surface area (TPSA) is 83.7 Å². The van der Waals surface area contributed by atoms with Gasteiger partial charge in [0.1, 0.15) is 17.3 Å². The molecule has 1 aromatic heterocycles. The Morgan fingerprint density at radius 2 is 1.96 bits per heavy atom. The quantitative estimate of drug-likeness (QED) is 0.727. The number of ether oxygens (including phenoxy) is 1. The SMILES string of the molecule is COc1ccc(CCNC(=O)NCC(O)c2cc(C)oc2C)cc1. The van der Waals surface area contributed by atoms with E-state index in [-0.39, 0.29) is 12.6 Å². The van der Waals surface area contributed by atoms with E-state index in [1.54, 1.807) is 20.1 Å². The van der Waals surface area contributed by atoms with E-state index in [2.05, 4.69) is 10.6 Å². The second-order valence-electron chi connectivity index (χ2n) is 5.62. The van der Waals surface area contributed by atoms with E-state index in [4.69, 9.17) is 9.15 Å². The molecule has 1 atom stereocenters. The molecule has 2 amide bonds. The van der Waals surface area contributed by atoms with Crippen molar-refractivity contribution in [1.82, 2.24) is 10.6 Å². The largest absolute Gasteiger partial charge is 0.497 e. The van der Waals surface area contributed by atoms with Crippen LogP contribution in [0.3, 0.4) is 0 Å². The van der Waals surface area contributed by atoms with Gasteiger partial charge in [-0.3, -0.25) is 0 Å². The van der Waals surface area contributed by atoms with Crippen LogP contribution in [-0.4, -0.2) is 31.3 Å². The van der Waals surface area contributed by atoms with Gasteiger partial charge in [-0.2, -0.15) is 0 Å². The summed E-state index contributed by atoms with van der Waals surface area (Å²) in [6.07, 6.45) is -0.0604. The molecule has 130 valence electrons. The number of rotatable bonds is 7. The first-order valence-electron chi connectivity index (χ1n) is 7.89. The normalized spacial score (nSPS) is 11.8. The van der Waals surface area contributed by atoms with Gasteiger partial charge in [0.2, 0.25) is 0 Å². The molecule has 2 aromatic rings. The van der Waals surface area contributed by atoms with Crippen LogP contribution in [0.1, 0.15) is 28.8 Å². The highest BCUT2D eigenvalue weighted by molar-refractivity contribution is 5.73. The van der Waals surface area contributed by atoms with Gasteiger partial charge in [0.05, 0.1) is 13.2 Å². The van der Waals surface area contributed by atoms with Crippen molar-refractivity contribution in [2.75, 3.05) is 20.2 Å². The molecule has 0 aliphatic rings. The number of aliphatic hydroxyl groups is 1. The monoisotopic (exact) mass is 332 g/mol. The van der Waals surface area contributed by atoms with Crippen molar-refractivity contribution >= 4 is 6.03 Å². The van der Waals surface area contributed by atoms with E-state index < -0.39 is 6.10 Å². The maximum Gasteiger partial charge on any atom is 0.314 e. The Kier molecular flexibility index (Phi) is 6.26. The van der Waals surface area contributed by atoms with E-state index in [1.807, 2.05) is 31.2 Å². The molecule has 0 saturated carbocycles. The van der Waals surface area contributed by atoms with Crippen molar-refractivity contribution in [3.8, 4) is 5.75 Å². The summed E-state index contributed by atoms with van der Waals surface area (Å²) in [5, 5.41) is 15.5. The van der Waals surface area contributed by atoms with Crippen LogP contribution in [0.25, 0.3) is 0 Å². The molecular weight excluding hydrogens is 308 g/mol. The maximum atomic E-state index is 11.8. The Morgan fingerprint density at radius 1 is 1.25 bits per heavy atom. The van der Waals surface area contributed by atoms with Gasteiger partial charge >= 0.3 is 6.03 Å². The third-order valence-electron chi connectivity index (χ3n) is 3.75. The Bertz CT molecular complexity index is 664. The summed E-state index contributed by atoms with van der Waals surface area (Å²) in [6, 6.07) is 9.18. The van der Waals surface area contributed by atoms with E-state index in [1.165, 1.54) is 0 Å². The van der Waals surface area contributed by atoms with Crippen molar-refractivity contribution < 1.29 is 19.1 Å². The zero-order chi connectivity index (χ0) is 17.5. The number of amides is 2. The van der Waals surface area contributed by atoms with Crippen molar-refractivity contribution in [3.63, 3.8) is 0 Å². The molecule has 2 rings (SSSR count). The van der Waals surface area contributed by atoms with Gasteiger partial charge in [0.25, 0.3) is 0 Å². The van der Waals surface area contributed by atoms with Gasteiger partial charge in [-0.25, -0.2) is 4.79 Å². The maximum absolute atomic E-state index is 11.8. The number of nitrogens with one attached hydrogen (secondary N) is 2. The number of furan rings is 1. The van der Waals surface area contributed by atoms with Crippen LogP contribution in [-0.2, 0) is 6.42 Å². The molecule has 0 bridgehead atoms. The van der Waals surface area contributed by atoms with Crippen molar-refractivity contribution in [2.24, 2.45) is 0 Å². The molecule has 1 heterocycles. The zero-order valence-corrected chi connectivity index (χ0v) is 14.3. The predicted octanol–water partition coefficient (Wildman–Crippen LogP) is 2.48. The number of hydrogen-bond donors (Lipinski definition) is 3. The summed E-state index contributed by atoms with van der Waals surface area (Å²) in [7, 11) is 1.63. The average molecular weight is 332 g/mol. The Morgan fingerprint density at radius 3 is 2.54 bits per heavy atom. The summed E-state index contributed by atoms with van der Waals surface area (Å²) in [5.74, 6) is 2.22. The van der Waals surface area contributed by atoms with Crippen LogP contribution in [0, 0.1) is 13.8 Å². The molecule has 0 radical (unpaired) electrons. The zero-order valence-electron chi connectivity index (χ0n) is 14.3. The Labute approximate surface area is 141 Å². The number of carbonyl (C=O) groups excluding carboxylic acids is 1. The highest BCUT2D eigenvalue weighted by Crippen LogP contribution is 2.20. The summed E-state index contributed by atoms with van der Waals surface area (Å²) >= 11 is 0. The molecular formula is C18H24N2O4. The summed E-state index contributed by atoms with van der Waals surface area (Å²) in [6.45, 7) is 4.26. The molecule has 0 saturated heterocycles. The summed E-state index contributed by atoms with van der Waals surface area (Å²) in [4.78, 5) is 11.8. The fourth-order valence-corrected chi connectivity index (χ4v) is 2.46.